The van der Waals surface area contributed by atoms with Crippen LogP contribution in [0.25, 0.3) is 0 Å². The first-order chi connectivity index (χ1) is 16.6. The van der Waals surface area contributed by atoms with Crippen molar-refractivity contribution in [1.82, 2.24) is 9.80 Å². The van der Waals surface area contributed by atoms with E-state index in [1.807, 2.05) is 0 Å². The number of hydrogen-bond donors (Lipinski definition) is 4. The van der Waals surface area contributed by atoms with E-state index in [0.717, 1.165) is 9.80 Å². The number of aliphatic carboxylic acids is 2. The van der Waals surface area contributed by atoms with Crippen molar-refractivity contribution in [3.63, 3.8) is 0 Å². The Morgan fingerprint density at radius 3 is 1.74 bits per heavy atom. The van der Waals surface area contributed by atoms with Gasteiger partial charge in [0.1, 0.15) is 0 Å². The van der Waals surface area contributed by atoms with Gasteiger partial charge in [-0.25, -0.2) is 19.2 Å². The monoisotopic (exact) mass is 478 g/mol. The van der Waals surface area contributed by atoms with Gasteiger partial charge in [0.05, 0.1) is 5.54 Å². The molecule has 0 aliphatic heterocycles. The summed E-state index contributed by atoms with van der Waals surface area (Å²) in [5.74, 6) is -2.62. The Hall–Kier alpha value is -4.60. The molecule has 10 nitrogen and oxygen atoms in total. The van der Waals surface area contributed by atoms with Gasteiger partial charge in [-0.15, -0.1) is 0 Å². The topological polar surface area (TPSA) is 167 Å². The quantitative estimate of drug-likeness (QED) is 0.455. The predicted molar refractivity (Wildman–Crippen MR) is 127 cm³/mol. The van der Waals surface area contributed by atoms with Crippen molar-refractivity contribution in [2.24, 2.45) is 11.5 Å². The van der Waals surface area contributed by atoms with Crippen LogP contribution in [0.15, 0.2) is 84.6 Å². The first-order valence-corrected chi connectivity index (χ1v) is 10.7. The van der Waals surface area contributed by atoms with Crippen LogP contribution in [0.2, 0.25) is 0 Å². The molecule has 3 rings (SSSR count). The van der Waals surface area contributed by atoms with Crippen molar-refractivity contribution in [1.29, 1.82) is 0 Å². The number of carbonyl (C=O) groups is 4. The molecular formula is C25H26N4O6. The van der Waals surface area contributed by atoms with E-state index in [-0.39, 0.29) is 12.1 Å². The largest absolute Gasteiger partial charge is 0.479 e. The second-order valence-electron chi connectivity index (χ2n) is 8.27. The number of rotatable bonds is 8. The van der Waals surface area contributed by atoms with Crippen molar-refractivity contribution in [3.8, 4) is 0 Å². The Morgan fingerprint density at radius 2 is 1.31 bits per heavy atom. The van der Waals surface area contributed by atoms with E-state index in [0.29, 0.717) is 11.1 Å². The minimum absolute atomic E-state index is 0.122. The molecule has 0 radical (unpaired) electrons. The molecule has 6 N–H and O–H groups in total. The molecule has 182 valence electrons. The van der Waals surface area contributed by atoms with E-state index in [2.05, 4.69) is 0 Å². The zero-order valence-corrected chi connectivity index (χ0v) is 18.9. The third kappa shape index (κ3) is 5.16. The summed E-state index contributed by atoms with van der Waals surface area (Å²) >= 11 is 0. The van der Waals surface area contributed by atoms with E-state index >= 15 is 0 Å². The van der Waals surface area contributed by atoms with Gasteiger partial charge in [0.25, 0.3) is 0 Å². The fourth-order valence-electron chi connectivity index (χ4n) is 4.37. The fourth-order valence-corrected chi connectivity index (χ4v) is 4.37. The van der Waals surface area contributed by atoms with Gasteiger partial charge < -0.3 is 21.7 Å². The zero-order chi connectivity index (χ0) is 25.8. The van der Waals surface area contributed by atoms with Crippen LogP contribution in [0, 0.1) is 0 Å². The number of nitrogens with zero attached hydrogens (tertiary/aromatic N) is 2. The molecular weight excluding hydrogens is 452 g/mol. The van der Waals surface area contributed by atoms with Crippen molar-refractivity contribution in [2.45, 2.75) is 31.0 Å². The number of hydrogen-bond acceptors (Lipinski definition) is 4. The third-order valence-electron chi connectivity index (χ3n) is 5.83. The maximum Gasteiger partial charge on any atom is 0.331 e. The molecule has 0 saturated heterocycles. The highest BCUT2D eigenvalue weighted by atomic mass is 16.4. The molecule has 0 bridgehead atoms. The molecule has 3 atom stereocenters. The van der Waals surface area contributed by atoms with Crippen molar-refractivity contribution >= 4 is 24.0 Å². The van der Waals surface area contributed by atoms with Crippen LogP contribution in [-0.4, -0.2) is 49.6 Å². The lowest BCUT2D eigenvalue weighted by atomic mass is 9.86. The van der Waals surface area contributed by atoms with E-state index in [1.54, 1.807) is 73.7 Å². The lowest BCUT2D eigenvalue weighted by molar-refractivity contribution is -0.144. The number of carboxylic acid groups (broad SMARTS) is 2. The summed E-state index contributed by atoms with van der Waals surface area (Å²) in [6, 6.07) is 11.3. The van der Waals surface area contributed by atoms with Crippen LogP contribution in [0.5, 0.6) is 0 Å². The highest BCUT2D eigenvalue weighted by Crippen LogP contribution is 2.39. The first-order valence-electron chi connectivity index (χ1n) is 10.7. The van der Waals surface area contributed by atoms with Gasteiger partial charge in [0, 0.05) is 12.1 Å². The molecule has 3 unspecified atom stereocenters. The van der Waals surface area contributed by atoms with Crippen LogP contribution in [0.3, 0.4) is 0 Å². The Morgan fingerprint density at radius 1 is 0.829 bits per heavy atom. The van der Waals surface area contributed by atoms with Crippen LogP contribution >= 0.6 is 0 Å². The molecule has 4 amide bonds. The Kier molecular flexibility index (Phi) is 7.24. The van der Waals surface area contributed by atoms with E-state index in [9.17, 15) is 29.4 Å². The first kappa shape index (κ1) is 25.0. The second-order valence-corrected chi connectivity index (χ2v) is 8.27. The molecule has 0 fully saturated rings. The zero-order valence-electron chi connectivity index (χ0n) is 18.9. The van der Waals surface area contributed by atoms with E-state index in [1.165, 1.54) is 12.2 Å². The Labute approximate surface area is 201 Å². The van der Waals surface area contributed by atoms with Crippen molar-refractivity contribution < 1.29 is 29.4 Å². The SMILES string of the molecule is CC1(N(C(N)=O)C(C(=O)O)c2ccccc2)C=CC=C(N(C(N)=O)C(C(=O)O)c2ccccc2)C1. The lowest BCUT2D eigenvalue weighted by Crippen LogP contribution is -2.56. The smallest absolute Gasteiger partial charge is 0.331 e. The molecule has 0 spiro atoms. The lowest BCUT2D eigenvalue weighted by Gasteiger charge is -2.45. The molecule has 0 saturated carbocycles. The van der Waals surface area contributed by atoms with Crippen molar-refractivity contribution in [3.05, 3.63) is 95.7 Å². The predicted octanol–water partition coefficient (Wildman–Crippen LogP) is 3.00. The molecule has 2 aromatic rings. The number of urea groups is 2. The summed E-state index contributed by atoms with van der Waals surface area (Å²) in [5, 5.41) is 20.0. The Balaban J connectivity index is 2.06. The number of nitrogens with two attached hydrogens (primary N) is 2. The van der Waals surface area contributed by atoms with Gasteiger partial charge in [-0.3, -0.25) is 9.80 Å². The highest BCUT2D eigenvalue weighted by Gasteiger charge is 2.45. The average Bonchev–Trinajstić information content (AvgIpc) is 2.80. The molecule has 1 aliphatic rings. The molecule has 35 heavy (non-hydrogen) atoms. The van der Waals surface area contributed by atoms with Crippen LogP contribution in [-0.2, 0) is 9.59 Å². The molecule has 2 aromatic carbocycles. The summed E-state index contributed by atoms with van der Waals surface area (Å²) in [6.07, 6.45) is 4.47. The third-order valence-corrected chi connectivity index (χ3v) is 5.83. The Bertz CT molecular complexity index is 1180. The summed E-state index contributed by atoms with van der Waals surface area (Å²) in [6.45, 7) is 1.58. The summed E-state index contributed by atoms with van der Waals surface area (Å²) in [4.78, 5) is 51.6. The standard InChI is InChI=1S/C25H26N4O6/c1-25(29(24(27)35)20(22(32)33)17-11-6-3-7-12-17)14-8-13-18(15-25)28(23(26)34)19(21(30)31)16-9-4-2-5-10-16/h2-14,19-20H,15H2,1H3,(H2,26,34)(H2,27,35)(H,30,31)(H,32,33). The molecule has 10 heteroatoms. The van der Waals surface area contributed by atoms with Gasteiger partial charge in [-0.1, -0.05) is 72.8 Å². The maximum atomic E-state index is 12.6. The minimum atomic E-state index is -1.44. The van der Waals surface area contributed by atoms with Gasteiger partial charge in [0.15, 0.2) is 12.1 Å². The van der Waals surface area contributed by atoms with Gasteiger partial charge in [-0.2, -0.15) is 0 Å². The number of carbonyl (C=O) groups excluding carboxylic acids is 2. The highest BCUT2D eigenvalue weighted by molar-refractivity contribution is 5.86. The number of benzene rings is 2. The van der Waals surface area contributed by atoms with Gasteiger partial charge in [0.2, 0.25) is 0 Å². The van der Waals surface area contributed by atoms with Gasteiger partial charge >= 0.3 is 24.0 Å². The second kappa shape index (κ2) is 10.1. The molecule has 0 heterocycles. The molecule has 0 aromatic heterocycles. The van der Waals surface area contributed by atoms with E-state index in [4.69, 9.17) is 11.5 Å². The number of amides is 4. The summed E-state index contributed by atoms with van der Waals surface area (Å²) in [7, 11) is 0. The van der Waals surface area contributed by atoms with E-state index < -0.39 is 41.6 Å². The number of carboxylic acids is 2. The van der Waals surface area contributed by atoms with Crippen molar-refractivity contribution in [2.75, 3.05) is 0 Å². The van der Waals surface area contributed by atoms with Crippen LogP contribution < -0.4 is 11.5 Å². The minimum Gasteiger partial charge on any atom is -0.479 e. The maximum absolute atomic E-state index is 12.6. The molecule has 1 aliphatic carbocycles. The average molecular weight is 479 g/mol. The van der Waals surface area contributed by atoms with Crippen LogP contribution in [0.4, 0.5) is 9.59 Å². The van der Waals surface area contributed by atoms with Gasteiger partial charge in [-0.05, 0) is 24.1 Å². The van der Waals surface area contributed by atoms with Crippen LogP contribution in [0.1, 0.15) is 36.6 Å². The normalized spacial score (nSPS) is 18.6. The summed E-state index contributed by atoms with van der Waals surface area (Å²) in [5.41, 5.74) is 10.8. The summed E-state index contributed by atoms with van der Waals surface area (Å²) < 4.78 is 0. The fraction of sp³-hybridized carbons (Fsp3) is 0.200. The number of allylic oxidation sites excluding steroid dienone is 2. The number of primary amides is 2.